The number of nitrogens with zero attached hydrogens (tertiary/aromatic N) is 1. The Balaban J connectivity index is 1.36. The standard InChI is InChI=1S/C21H18N4O4S/c26-15-6-3-13(4-7-15)10-19(27)25-21-24-17-8-5-14(11-18(17)30-21)23-20(28)22-12-16-2-1-9-29-16/h1-9,11,26H,10,12H2,(H2,22,23,28)(H,24,25,27). The van der Waals surface area contributed by atoms with E-state index >= 15 is 0 Å². The second kappa shape index (κ2) is 8.66. The molecular weight excluding hydrogens is 404 g/mol. The number of fused-ring (bicyclic) bond motifs is 1. The van der Waals surface area contributed by atoms with Crippen molar-refractivity contribution in [2.75, 3.05) is 10.6 Å². The quantitative estimate of drug-likeness (QED) is 0.373. The fourth-order valence-corrected chi connectivity index (χ4v) is 3.70. The number of phenols is 1. The van der Waals surface area contributed by atoms with Gasteiger partial charge in [-0.3, -0.25) is 4.79 Å². The molecule has 0 saturated carbocycles. The SMILES string of the molecule is O=C(Cc1ccc(O)cc1)Nc1nc2ccc(NC(=O)NCc3ccco3)cc2s1. The highest BCUT2D eigenvalue weighted by Crippen LogP contribution is 2.28. The molecule has 2 heterocycles. The molecular formula is C21H18N4O4S. The number of anilines is 2. The molecule has 0 saturated heterocycles. The number of benzene rings is 2. The second-order valence-corrected chi connectivity index (χ2v) is 7.51. The van der Waals surface area contributed by atoms with Crippen molar-refractivity contribution in [3.05, 3.63) is 72.2 Å². The number of hydrogen-bond donors (Lipinski definition) is 4. The van der Waals surface area contributed by atoms with Crippen molar-refractivity contribution < 1.29 is 19.1 Å². The van der Waals surface area contributed by atoms with Crippen LogP contribution in [0.1, 0.15) is 11.3 Å². The first-order valence-electron chi connectivity index (χ1n) is 9.11. The van der Waals surface area contributed by atoms with Crippen molar-refractivity contribution >= 4 is 44.3 Å². The lowest BCUT2D eigenvalue weighted by Crippen LogP contribution is -2.27. The van der Waals surface area contributed by atoms with Gasteiger partial charge in [0.25, 0.3) is 0 Å². The van der Waals surface area contributed by atoms with Crippen LogP contribution in [0.2, 0.25) is 0 Å². The molecule has 4 N–H and O–H groups in total. The zero-order valence-electron chi connectivity index (χ0n) is 15.7. The van der Waals surface area contributed by atoms with Crippen LogP contribution in [0.5, 0.6) is 5.75 Å². The molecule has 8 nitrogen and oxygen atoms in total. The Labute approximate surface area is 175 Å². The number of rotatable bonds is 6. The van der Waals surface area contributed by atoms with Crippen molar-refractivity contribution in [3.63, 3.8) is 0 Å². The molecule has 152 valence electrons. The van der Waals surface area contributed by atoms with E-state index in [0.717, 1.165) is 15.8 Å². The normalized spacial score (nSPS) is 10.7. The van der Waals surface area contributed by atoms with Gasteiger partial charge in [-0.25, -0.2) is 9.78 Å². The Morgan fingerprint density at radius 3 is 2.67 bits per heavy atom. The average molecular weight is 422 g/mol. The summed E-state index contributed by atoms with van der Waals surface area (Å²) in [4.78, 5) is 28.7. The van der Waals surface area contributed by atoms with Crippen molar-refractivity contribution in [3.8, 4) is 5.75 Å². The number of carbonyl (C=O) groups is 2. The Kier molecular flexibility index (Phi) is 5.62. The van der Waals surface area contributed by atoms with Gasteiger partial charge in [-0.2, -0.15) is 0 Å². The largest absolute Gasteiger partial charge is 0.508 e. The van der Waals surface area contributed by atoms with Gasteiger partial charge in [0.1, 0.15) is 11.5 Å². The fourth-order valence-electron chi connectivity index (χ4n) is 2.77. The minimum Gasteiger partial charge on any atom is -0.508 e. The summed E-state index contributed by atoms with van der Waals surface area (Å²) in [5, 5.41) is 18.1. The molecule has 0 radical (unpaired) electrons. The maximum Gasteiger partial charge on any atom is 0.319 e. The van der Waals surface area contributed by atoms with Gasteiger partial charge >= 0.3 is 6.03 Å². The Morgan fingerprint density at radius 2 is 1.90 bits per heavy atom. The summed E-state index contributed by atoms with van der Waals surface area (Å²) in [6.45, 7) is 0.291. The molecule has 4 rings (SSSR count). The van der Waals surface area contributed by atoms with E-state index in [1.807, 2.05) is 0 Å². The number of urea groups is 1. The summed E-state index contributed by atoms with van der Waals surface area (Å²) in [5.41, 5.74) is 2.13. The molecule has 2 aromatic carbocycles. The molecule has 0 atom stereocenters. The van der Waals surface area contributed by atoms with Crippen LogP contribution in [-0.4, -0.2) is 22.0 Å². The van der Waals surface area contributed by atoms with E-state index in [2.05, 4.69) is 20.9 Å². The summed E-state index contributed by atoms with van der Waals surface area (Å²) in [5.74, 6) is 0.621. The summed E-state index contributed by atoms with van der Waals surface area (Å²) >= 11 is 1.32. The predicted octanol–water partition coefficient (Wildman–Crippen LogP) is 4.10. The number of carbonyl (C=O) groups excluding carboxylic acids is 2. The van der Waals surface area contributed by atoms with E-state index in [1.54, 1.807) is 60.9 Å². The number of thiazole rings is 1. The van der Waals surface area contributed by atoms with Gasteiger partial charge in [-0.15, -0.1) is 0 Å². The van der Waals surface area contributed by atoms with E-state index in [4.69, 9.17) is 4.42 Å². The molecule has 0 spiro atoms. The van der Waals surface area contributed by atoms with Gasteiger partial charge in [0, 0.05) is 5.69 Å². The van der Waals surface area contributed by atoms with Gasteiger partial charge in [0.15, 0.2) is 5.13 Å². The maximum atomic E-state index is 12.2. The molecule has 9 heteroatoms. The first kappa shape index (κ1) is 19.5. The van der Waals surface area contributed by atoms with Crippen LogP contribution < -0.4 is 16.0 Å². The van der Waals surface area contributed by atoms with Crippen LogP contribution in [0, 0.1) is 0 Å². The zero-order valence-corrected chi connectivity index (χ0v) is 16.5. The molecule has 3 amide bonds. The molecule has 2 aromatic heterocycles. The molecule has 0 aliphatic heterocycles. The van der Waals surface area contributed by atoms with Crippen LogP contribution in [-0.2, 0) is 17.8 Å². The smallest absolute Gasteiger partial charge is 0.319 e. The lowest BCUT2D eigenvalue weighted by atomic mass is 10.1. The van der Waals surface area contributed by atoms with Gasteiger partial charge < -0.3 is 25.5 Å². The van der Waals surface area contributed by atoms with E-state index < -0.39 is 0 Å². The van der Waals surface area contributed by atoms with Crippen molar-refractivity contribution in [1.82, 2.24) is 10.3 Å². The minimum absolute atomic E-state index is 0.157. The minimum atomic E-state index is -0.349. The first-order valence-corrected chi connectivity index (χ1v) is 9.92. The number of phenolic OH excluding ortho intramolecular Hbond substituents is 1. The third-order valence-corrected chi connectivity index (χ3v) is 5.13. The lowest BCUT2D eigenvalue weighted by molar-refractivity contribution is -0.115. The first-order chi connectivity index (χ1) is 14.5. The predicted molar refractivity (Wildman–Crippen MR) is 115 cm³/mol. The molecule has 4 aromatic rings. The third-order valence-electron chi connectivity index (χ3n) is 4.20. The topological polar surface area (TPSA) is 116 Å². The number of aromatic hydroxyl groups is 1. The molecule has 0 aliphatic carbocycles. The van der Waals surface area contributed by atoms with Gasteiger partial charge in [-0.05, 0) is 48.0 Å². The number of nitrogens with one attached hydrogen (secondary N) is 3. The summed E-state index contributed by atoms with van der Waals surface area (Å²) < 4.78 is 6.01. The van der Waals surface area contributed by atoms with Crippen LogP contribution >= 0.6 is 11.3 Å². The molecule has 30 heavy (non-hydrogen) atoms. The monoisotopic (exact) mass is 422 g/mol. The Morgan fingerprint density at radius 1 is 1.07 bits per heavy atom. The van der Waals surface area contributed by atoms with Gasteiger partial charge in [-0.1, -0.05) is 23.5 Å². The molecule has 0 unspecified atom stereocenters. The fraction of sp³-hybridized carbons (Fsp3) is 0.0952. The van der Waals surface area contributed by atoms with Crippen LogP contribution in [0.4, 0.5) is 15.6 Å². The average Bonchev–Trinajstić information content (AvgIpc) is 3.37. The molecule has 0 fully saturated rings. The highest BCUT2D eigenvalue weighted by Gasteiger charge is 2.10. The number of amides is 3. The van der Waals surface area contributed by atoms with E-state index in [-0.39, 0.29) is 24.1 Å². The molecule has 0 aliphatic rings. The number of furan rings is 1. The second-order valence-electron chi connectivity index (χ2n) is 6.48. The summed E-state index contributed by atoms with van der Waals surface area (Å²) in [6, 6.07) is 15.0. The van der Waals surface area contributed by atoms with Gasteiger partial charge in [0.05, 0.1) is 29.4 Å². The van der Waals surface area contributed by atoms with Crippen LogP contribution in [0.3, 0.4) is 0 Å². The highest BCUT2D eigenvalue weighted by molar-refractivity contribution is 7.22. The van der Waals surface area contributed by atoms with Crippen LogP contribution in [0.15, 0.2) is 65.3 Å². The summed E-state index contributed by atoms with van der Waals surface area (Å²) in [6.07, 6.45) is 1.73. The van der Waals surface area contributed by atoms with Crippen LogP contribution in [0.25, 0.3) is 10.2 Å². The Bertz CT molecular complexity index is 1170. The van der Waals surface area contributed by atoms with Crippen molar-refractivity contribution in [1.29, 1.82) is 0 Å². The lowest BCUT2D eigenvalue weighted by Gasteiger charge is -2.06. The van der Waals surface area contributed by atoms with E-state index in [0.29, 0.717) is 23.1 Å². The molecule has 0 bridgehead atoms. The van der Waals surface area contributed by atoms with E-state index in [9.17, 15) is 14.7 Å². The zero-order chi connectivity index (χ0) is 20.9. The number of hydrogen-bond acceptors (Lipinski definition) is 6. The Hall–Kier alpha value is -3.85. The maximum absolute atomic E-state index is 12.2. The number of aromatic nitrogens is 1. The van der Waals surface area contributed by atoms with Gasteiger partial charge in [0.2, 0.25) is 5.91 Å². The van der Waals surface area contributed by atoms with E-state index in [1.165, 1.54) is 11.3 Å². The van der Waals surface area contributed by atoms with Crippen molar-refractivity contribution in [2.24, 2.45) is 0 Å². The van der Waals surface area contributed by atoms with Crippen molar-refractivity contribution in [2.45, 2.75) is 13.0 Å². The highest BCUT2D eigenvalue weighted by atomic mass is 32.1. The summed E-state index contributed by atoms with van der Waals surface area (Å²) in [7, 11) is 0. The third kappa shape index (κ3) is 4.95.